The fraction of sp³-hybridized carbons (Fsp3) is 0.541. The number of likely N-dealkylation sites (N-methyl/N-ethyl adjacent to an activating group) is 1. The van der Waals surface area contributed by atoms with Gasteiger partial charge in [0.2, 0.25) is 0 Å². The van der Waals surface area contributed by atoms with Gasteiger partial charge in [0.05, 0.1) is 30.3 Å². The van der Waals surface area contributed by atoms with E-state index >= 15 is 4.39 Å². The Morgan fingerprint density at radius 1 is 1.04 bits per heavy atom. The van der Waals surface area contributed by atoms with Crippen molar-refractivity contribution < 1.29 is 31.6 Å². The van der Waals surface area contributed by atoms with Crippen LogP contribution in [0.25, 0.3) is 11.0 Å². The Balaban J connectivity index is 1.13. The van der Waals surface area contributed by atoms with Gasteiger partial charge in [0.15, 0.2) is 0 Å². The Morgan fingerprint density at radius 3 is 2.39 bits per heavy atom. The number of nitrogens with zero attached hydrogens (tertiary/aromatic N) is 4. The van der Waals surface area contributed by atoms with Gasteiger partial charge in [-0.2, -0.15) is 12.7 Å². The predicted molar refractivity (Wildman–Crippen MR) is 191 cm³/mol. The Labute approximate surface area is 297 Å². The second-order valence-electron chi connectivity index (χ2n) is 14.4. The minimum Gasteiger partial charge on any atom is -0.422 e. The zero-order valence-corrected chi connectivity index (χ0v) is 30.7. The lowest BCUT2D eigenvalue weighted by atomic mass is 9.92. The summed E-state index contributed by atoms with van der Waals surface area (Å²) in [7, 11) is -0.306. The lowest BCUT2D eigenvalue weighted by molar-refractivity contribution is 0.0727. The fourth-order valence-electron chi connectivity index (χ4n) is 8.79. The SMILES string of the molecule is CCc1c(C(=O)NS(=O)(=O)N2C3CCC2CC3)ccc(C(=O)N2CCc3c(c(=O)oc4c(C)c(N5CCN(C)C(COC)C5)cc(C)c34)C2)c1F. The van der Waals surface area contributed by atoms with Crippen LogP contribution in [0.4, 0.5) is 10.1 Å². The smallest absolute Gasteiger partial charge is 0.341 e. The molecule has 3 fully saturated rings. The molecule has 274 valence electrons. The maximum absolute atomic E-state index is 16.0. The first-order chi connectivity index (χ1) is 24.3. The van der Waals surface area contributed by atoms with Gasteiger partial charge in [-0.15, -0.1) is 0 Å². The van der Waals surface area contributed by atoms with E-state index in [0.29, 0.717) is 24.2 Å². The second kappa shape index (κ2) is 13.6. The van der Waals surface area contributed by atoms with Crippen molar-refractivity contribution in [1.82, 2.24) is 18.8 Å². The van der Waals surface area contributed by atoms with Crippen molar-refractivity contribution in [3.05, 3.63) is 73.4 Å². The van der Waals surface area contributed by atoms with E-state index in [1.807, 2.05) is 13.8 Å². The molecule has 2 amide bonds. The number of benzene rings is 2. The van der Waals surface area contributed by atoms with Crippen molar-refractivity contribution in [2.75, 3.05) is 51.8 Å². The number of carbonyl (C=O) groups is 2. The number of anilines is 1. The molecule has 3 aromatic rings. The van der Waals surface area contributed by atoms with E-state index in [4.69, 9.17) is 9.15 Å². The first-order valence-electron chi connectivity index (χ1n) is 17.8. The molecular weight excluding hydrogens is 678 g/mol. The van der Waals surface area contributed by atoms with Gasteiger partial charge in [-0.1, -0.05) is 6.92 Å². The summed E-state index contributed by atoms with van der Waals surface area (Å²) in [4.78, 5) is 46.6. The van der Waals surface area contributed by atoms with Crippen molar-refractivity contribution in [3.63, 3.8) is 0 Å². The number of carbonyl (C=O) groups excluding carboxylic acids is 2. The summed E-state index contributed by atoms with van der Waals surface area (Å²) in [5.74, 6) is -2.42. The van der Waals surface area contributed by atoms with E-state index in [9.17, 15) is 22.8 Å². The van der Waals surface area contributed by atoms with E-state index in [2.05, 4.69) is 27.6 Å². The van der Waals surface area contributed by atoms with E-state index < -0.39 is 33.5 Å². The number of amides is 2. The van der Waals surface area contributed by atoms with Crippen molar-refractivity contribution in [3.8, 4) is 0 Å². The lowest BCUT2D eigenvalue weighted by Crippen LogP contribution is -2.53. The summed E-state index contributed by atoms with van der Waals surface area (Å²) < 4.78 is 57.3. The number of fused-ring (bicyclic) bond motifs is 5. The third-order valence-corrected chi connectivity index (χ3v) is 13.1. The molecule has 4 aliphatic rings. The van der Waals surface area contributed by atoms with Gasteiger partial charge in [0, 0.05) is 73.1 Å². The lowest BCUT2D eigenvalue weighted by Gasteiger charge is -2.41. The number of methoxy groups -OCH3 is 1. The number of aryl methyl sites for hydroxylation is 2. The third-order valence-electron chi connectivity index (χ3n) is 11.5. The average Bonchev–Trinajstić information content (AvgIpc) is 3.72. The van der Waals surface area contributed by atoms with Gasteiger partial charge >= 0.3 is 15.8 Å². The summed E-state index contributed by atoms with van der Waals surface area (Å²) in [6, 6.07) is 4.65. The molecule has 1 N–H and O–H groups in total. The molecule has 51 heavy (non-hydrogen) atoms. The number of rotatable bonds is 8. The number of piperazine rings is 1. The Hall–Kier alpha value is -3.85. The Morgan fingerprint density at radius 2 is 1.73 bits per heavy atom. The molecule has 0 radical (unpaired) electrons. The van der Waals surface area contributed by atoms with Crippen molar-refractivity contribution in [1.29, 1.82) is 0 Å². The quantitative estimate of drug-likeness (QED) is 0.346. The van der Waals surface area contributed by atoms with Crippen molar-refractivity contribution in [2.45, 2.75) is 84.0 Å². The molecule has 0 saturated carbocycles. The molecule has 5 heterocycles. The van der Waals surface area contributed by atoms with Crippen molar-refractivity contribution >= 4 is 38.7 Å². The normalized spacial score (nSPS) is 22.5. The molecule has 14 heteroatoms. The molecule has 2 bridgehead atoms. The highest BCUT2D eigenvalue weighted by Gasteiger charge is 2.47. The van der Waals surface area contributed by atoms with Gasteiger partial charge < -0.3 is 19.0 Å². The minimum atomic E-state index is -4.10. The standard InChI is InChI=1S/C37H46FN5O7S/c1-6-26-28(35(44)39-51(47,48)43-23-7-8-24(43)10-9-23)11-12-29(33(26)38)36(45)42-14-13-27-30(19-42)37(46)50-34-22(3)31(17-21(2)32(27)34)41-16-15-40(4)25(18-41)20-49-5/h11-12,17,23-25H,6-10,13-16,18-20H2,1-5H3,(H,39,44). The molecule has 4 aliphatic heterocycles. The van der Waals surface area contributed by atoms with Gasteiger partial charge in [-0.3, -0.25) is 14.5 Å². The molecular formula is C37H46FN5O7S. The number of hydrogen-bond donors (Lipinski definition) is 1. The first kappa shape index (κ1) is 35.5. The summed E-state index contributed by atoms with van der Waals surface area (Å²) >= 11 is 0. The maximum atomic E-state index is 16.0. The number of hydrogen-bond acceptors (Lipinski definition) is 9. The van der Waals surface area contributed by atoms with Crippen LogP contribution in [0.3, 0.4) is 0 Å². The Bertz CT molecular complexity index is 2070. The van der Waals surface area contributed by atoms with Crippen LogP contribution in [0.1, 0.15) is 81.1 Å². The summed E-state index contributed by atoms with van der Waals surface area (Å²) in [6.45, 7) is 8.92. The average molecular weight is 724 g/mol. The summed E-state index contributed by atoms with van der Waals surface area (Å²) in [5, 5.41) is 0.868. The maximum Gasteiger partial charge on any atom is 0.341 e. The van der Waals surface area contributed by atoms with E-state index in [1.54, 1.807) is 14.0 Å². The monoisotopic (exact) mass is 723 g/mol. The first-order valence-corrected chi connectivity index (χ1v) is 19.3. The molecule has 1 atom stereocenters. The van der Waals surface area contributed by atoms with Crippen LogP contribution in [0.15, 0.2) is 27.4 Å². The molecule has 1 unspecified atom stereocenters. The molecule has 0 spiro atoms. The second-order valence-corrected chi connectivity index (χ2v) is 16.0. The van der Waals surface area contributed by atoms with Crippen LogP contribution in [0.2, 0.25) is 0 Å². The molecule has 1 aromatic heterocycles. The molecule has 7 rings (SSSR count). The highest BCUT2D eigenvalue weighted by molar-refractivity contribution is 7.87. The summed E-state index contributed by atoms with van der Waals surface area (Å²) in [5.41, 5.74) is 3.67. The zero-order valence-electron chi connectivity index (χ0n) is 29.9. The van der Waals surface area contributed by atoms with Gasteiger partial charge in [-0.05, 0) is 88.7 Å². The van der Waals surface area contributed by atoms with E-state index in [0.717, 1.165) is 73.1 Å². The number of nitrogens with one attached hydrogen (secondary N) is 1. The molecule has 12 nitrogen and oxygen atoms in total. The van der Waals surface area contributed by atoms with Crippen LogP contribution < -0.4 is 15.2 Å². The van der Waals surface area contributed by atoms with Crippen LogP contribution >= 0.6 is 0 Å². The fourth-order valence-corrected chi connectivity index (χ4v) is 10.4. The van der Waals surface area contributed by atoms with Crippen molar-refractivity contribution in [2.24, 2.45) is 0 Å². The number of ether oxygens (including phenoxy) is 1. The van der Waals surface area contributed by atoms with Crippen LogP contribution in [-0.2, 0) is 34.3 Å². The third kappa shape index (κ3) is 6.13. The van der Waals surface area contributed by atoms with Gasteiger partial charge in [0.25, 0.3) is 11.8 Å². The zero-order chi connectivity index (χ0) is 36.4. The molecule has 3 saturated heterocycles. The van der Waals surface area contributed by atoms with E-state index in [1.165, 1.54) is 21.3 Å². The summed E-state index contributed by atoms with van der Waals surface area (Å²) in [6.07, 6.45) is 3.49. The van der Waals surface area contributed by atoms with E-state index in [-0.39, 0.29) is 54.3 Å². The predicted octanol–water partition coefficient (Wildman–Crippen LogP) is 3.68. The topological polar surface area (TPSA) is 133 Å². The number of halogens is 1. The van der Waals surface area contributed by atoms with Crippen LogP contribution in [0, 0.1) is 19.7 Å². The molecule has 2 aromatic carbocycles. The Kier molecular flexibility index (Phi) is 9.48. The highest BCUT2D eigenvalue weighted by atomic mass is 32.2. The van der Waals surface area contributed by atoms with Gasteiger partial charge in [0.1, 0.15) is 11.4 Å². The minimum absolute atomic E-state index is 0.0448. The van der Waals surface area contributed by atoms with Crippen LogP contribution in [0.5, 0.6) is 0 Å². The highest BCUT2D eigenvalue weighted by Crippen LogP contribution is 2.39. The van der Waals surface area contributed by atoms with Gasteiger partial charge in [-0.25, -0.2) is 13.9 Å². The largest absolute Gasteiger partial charge is 0.422 e. The molecule has 0 aliphatic carbocycles. The van der Waals surface area contributed by atoms with Crippen LogP contribution in [-0.4, -0.2) is 99.4 Å².